The largest absolute Gasteiger partial charge is 0.366 e. The Morgan fingerprint density at radius 1 is 1.08 bits per heavy atom. The number of piperidine rings is 1. The van der Waals surface area contributed by atoms with Crippen LogP contribution in [0.2, 0.25) is 0 Å². The first-order chi connectivity index (χ1) is 18.4. The number of rotatable bonds is 6. The highest BCUT2D eigenvalue weighted by atomic mass is 16.2. The van der Waals surface area contributed by atoms with Crippen LogP contribution >= 0.6 is 0 Å². The fourth-order valence-corrected chi connectivity index (χ4v) is 6.06. The van der Waals surface area contributed by atoms with E-state index >= 15 is 0 Å². The quantitative estimate of drug-likeness (QED) is 0.413. The van der Waals surface area contributed by atoms with Crippen LogP contribution in [-0.2, 0) is 16.1 Å². The van der Waals surface area contributed by atoms with Gasteiger partial charge in [0.15, 0.2) is 0 Å². The Balaban J connectivity index is 1.29. The normalized spacial score (nSPS) is 20.1. The average Bonchev–Trinajstić information content (AvgIpc) is 3.62. The number of aryl methyl sites for hydroxylation is 1. The molecule has 4 aromatic rings. The predicted molar refractivity (Wildman–Crippen MR) is 143 cm³/mol. The van der Waals surface area contributed by atoms with Crippen LogP contribution in [0.1, 0.15) is 35.3 Å². The number of hydrogen-bond acceptors (Lipinski definition) is 5. The van der Waals surface area contributed by atoms with E-state index in [1.165, 1.54) is 0 Å². The number of carbonyl (C=O) groups excluding carboxylic acids is 3. The van der Waals surface area contributed by atoms with Crippen molar-refractivity contribution in [3.63, 3.8) is 0 Å². The number of nitrogens with one attached hydrogen (secondary N) is 1. The number of anilines is 1. The smallest absolute Gasteiger partial charge is 0.250 e. The summed E-state index contributed by atoms with van der Waals surface area (Å²) in [6.45, 7) is 1.87. The maximum absolute atomic E-state index is 13.7. The number of carbonyl (C=O) groups is 3. The number of fused-ring (bicyclic) bond motifs is 3. The lowest BCUT2D eigenvalue weighted by Gasteiger charge is -2.34. The summed E-state index contributed by atoms with van der Waals surface area (Å²) < 4.78 is 1.76. The molecule has 2 fully saturated rings. The molecular formula is C29H28N6O3. The van der Waals surface area contributed by atoms with Crippen molar-refractivity contribution in [2.45, 2.75) is 44.8 Å². The Hall–Kier alpha value is -4.53. The van der Waals surface area contributed by atoms with Gasteiger partial charge in [-0.2, -0.15) is 0 Å². The van der Waals surface area contributed by atoms with Crippen molar-refractivity contribution in [2.75, 3.05) is 5.32 Å². The van der Waals surface area contributed by atoms with Gasteiger partial charge in [-0.15, -0.1) is 0 Å². The van der Waals surface area contributed by atoms with Gasteiger partial charge in [0.1, 0.15) is 18.4 Å². The van der Waals surface area contributed by atoms with Crippen LogP contribution in [0.5, 0.6) is 0 Å². The number of hydrogen-bond donors (Lipinski definition) is 2. The minimum atomic E-state index is -0.562. The fourth-order valence-electron chi connectivity index (χ4n) is 6.06. The molecule has 9 heteroatoms. The molecule has 2 bridgehead atoms. The molecule has 1 saturated heterocycles. The zero-order chi connectivity index (χ0) is 26.4. The third-order valence-electron chi connectivity index (χ3n) is 7.73. The van der Waals surface area contributed by atoms with E-state index < -0.39 is 11.9 Å². The summed E-state index contributed by atoms with van der Waals surface area (Å²) in [7, 11) is 0. The molecule has 3 atom stereocenters. The summed E-state index contributed by atoms with van der Waals surface area (Å²) >= 11 is 0. The number of primary amides is 1. The number of amides is 3. The number of pyridine rings is 2. The monoisotopic (exact) mass is 508 g/mol. The Labute approximate surface area is 219 Å². The van der Waals surface area contributed by atoms with Gasteiger partial charge in [-0.3, -0.25) is 19.4 Å². The van der Waals surface area contributed by atoms with E-state index in [-0.39, 0.29) is 30.3 Å². The number of nitrogens with zero attached hydrogens (tertiary/aromatic N) is 4. The molecule has 4 heterocycles. The average molecular weight is 509 g/mol. The molecule has 9 nitrogen and oxygen atoms in total. The Morgan fingerprint density at radius 2 is 1.95 bits per heavy atom. The lowest BCUT2D eigenvalue weighted by Crippen LogP contribution is -2.51. The van der Waals surface area contributed by atoms with Crippen molar-refractivity contribution < 1.29 is 14.4 Å². The Kier molecular flexibility index (Phi) is 5.90. The summed E-state index contributed by atoms with van der Waals surface area (Å²) in [5.74, 6) is -0.318. The second-order valence-electron chi connectivity index (χ2n) is 10.1. The maximum atomic E-state index is 13.7. The highest BCUT2D eigenvalue weighted by molar-refractivity contribution is 6.07. The predicted octanol–water partition coefficient (Wildman–Crippen LogP) is 3.52. The molecule has 1 aliphatic heterocycles. The van der Waals surface area contributed by atoms with Gasteiger partial charge in [0.05, 0.1) is 5.56 Å². The molecule has 6 rings (SSSR count). The van der Waals surface area contributed by atoms with Gasteiger partial charge >= 0.3 is 0 Å². The first-order valence-electron chi connectivity index (χ1n) is 12.8. The summed E-state index contributed by atoms with van der Waals surface area (Å²) in [6, 6.07) is 14.5. The van der Waals surface area contributed by atoms with Crippen LogP contribution in [0.3, 0.4) is 0 Å². The van der Waals surface area contributed by atoms with Crippen molar-refractivity contribution >= 4 is 34.4 Å². The van der Waals surface area contributed by atoms with Gasteiger partial charge in [-0.1, -0.05) is 18.2 Å². The maximum Gasteiger partial charge on any atom is 0.250 e. The van der Waals surface area contributed by atoms with Gasteiger partial charge in [0.25, 0.3) is 5.91 Å². The summed E-state index contributed by atoms with van der Waals surface area (Å²) in [5.41, 5.74) is 9.41. The molecule has 192 valence electrons. The summed E-state index contributed by atoms with van der Waals surface area (Å²) in [4.78, 5) is 49.7. The highest BCUT2D eigenvalue weighted by Crippen LogP contribution is 2.43. The molecule has 2 aliphatic rings. The minimum absolute atomic E-state index is 0.00567. The van der Waals surface area contributed by atoms with Crippen LogP contribution in [-0.4, -0.2) is 49.2 Å². The van der Waals surface area contributed by atoms with Gasteiger partial charge in [0.2, 0.25) is 11.8 Å². The van der Waals surface area contributed by atoms with Crippen molar-refractivity contribution in [2.24, 2.45) is 11.7 Å². The molecule has 3 aromatic heterocycles. The fraction of sp³-hybridized carbons (Fsp3) is 0.276. The molecule has 1 aliphatic carbocycles. The lowest BCUT2D eigenvalue weighted by atomic mass is 9.97. The van der Waals surface area contributed by atoms with Crippen LogP contribution in [0, 0.1) is 12.8 Å². The van der Waals surface area contributed by atoms with Crippen LogP contribution in [0.15, 0.2) is 67.1 Å². The molecule has 0 spiro atoms. The van der Waals surface area contributed by atoms with Gasteiger partial charge in [-0.05, 0) is 68.0 Å². The van der Waals surface area contributed by atoms with E-state index in [1.807, 2.05) is 49.4 Å². The second-order valence-corrected chi connectivity index (χ2v) is 10.1. The van der Waals surface area contributed by atoms with E-state index in [4.69, 9.17) is 5.73 Å². The van der Waals surface area contributed by atoms with Crippen molar-refractivity contribution in [3.05, 3.63) is 78.4 Å². The Bertz CT molecular complexity index is 1560. The van der Waals surface area contributed by atoms with Gasteiger partial charge < -0.3 is 20.5 Å². The molecule has 0 radical (unpaired) electrons. The number of benzene rings is 1. The minimum Gasteiger partial charge on any atom is -0.366 e. The molecule has 1 saturated carbocycles. The van der Waals surface area contributed by atoms with Gasteiger partial charge in [0, 0.05) is 46.8 Å². The molecular weight excluding hydrogens is 480 g/mol. The van der Waals surface area contributed by atoms with E-state index in [1.54, 1.807) is 34.1 Å². The van der Waals surface area contributed by atoms with Crippen LogP contribution in [0.4, 0.5) is 5.82 Å². The second kappa shape index (κ2) is 9.41. The molecule has 3 N–H and O–H groups in total. The van der Waals surface area contributed by atoms with E-state index in [9.17, 15) is 14.4 Å². The van der Waals surface area contributed by atoms with Crippen LogP contribution < -0.4 is 11.1 Å². The van der Waals surface area contributed by atoms with Crippen LogP contribution in [0.25, 0.3) is 22.0 Å². The third-order valence-corrected chi connectivity index (χ3v) is 7.73. The molecule has 2 unspecified atom stereocenters. The first kappa shape index (κ1) is 23.8. The van der Waals surface area contributed by atoms with E-state index in [2.05, 4.69) is 15.3 Å². The third kappa shape index (κ3) is 4.19. The van der Waals surface area contributed by atoms with Crippen molar-refractivity contribution in [3.8, 4) is 11.1 Å². The zero-order valence-electron chi connectivity index (χ0n) is 21.0. The topological polar surface area (TPSA) is 123 Å². The van der Waals surface area contributed by atoms with Gasteiger partial charge in [-0.25, -0.2) is 4.98 Å². The number of nitrogens with two attached hydrogens (primary N) is 1. The molecule has 1 aromatic carbocycles. The van der Waals surface area contributed by atoms with Crippen molar-refractivity contribution in [1.29, 1.82) is 0 Å². The first-order valence-corrected chi connectivity index (χ1v) is 12.8. The van der Waals surface area contributed by atoms with Crippen molar-refractivity contribution in [1.82, 2.24) is 19.4 Å². The summed E-state index contributed by atoms with van der Waals surface area (Å²) in [5, 5.41) is 3.59. The number of aromatic nitrogens is 3. The highest BCUT2D eigenvalue weighted by Gasteiger charge is 2.51. The van der Waals surface area contributed by atoms with E-state index in [0.29, 0.717) is 16.8 Å². The standard InChI is InChI=1S/C29H28N6O3/c1-17-4-2-6-25(32-17)33-29(38)27-19-7-9-21(12-19)35(27)26(36)16-34-15-23(28(30)37)22-13-18(8-10-24(22)34)20-5-3-11-31-14-20/h2-6,8,10-11,13-15,19,21,27H,7,9,12,16H2,1H3,(H2,30,37)(H,32,33,38)/t19?,21?,27-/m0/s1. The van der Waals surface area contributed by atoms with E-state index in [0.717, 1.165) is 41.6 Å². The Morgan fingerprint density at radius 3 is 2.71 bits per heavy atom. The summed E-state index contributed by atoms with van der Waals surface area (Å²) in [6.07, 6.45) is 7.72. The molecule has 38 heavy (non-hydrogen) atoms. The molecule has 3 amide bonds. The zero-order valence-corrected chi connectivity index (χ0v) is 21.0. The lowest BCUT2D eigenvalue weighted by molar-refractivity contribution is -0.141. The SMILES string of the molecule is Cc1cccc(NC(=O)[C@@H]2C3CCC(C3)N2C(=O)Cn2cc(C(N)=O)c3cc(-c4cccnc4)ccc32)n1. The number of likely N-dealkylation sites (tertiary alicyclic amines) is 1.